The molecule has 9 heteroatoms. The van der Waals surface area contributed by atoms with Gasteiger partial charge in [-0.2, -0.15) is 17.5 Å². The Balaban J connectivity index is 3.07. The lowest BCUT2D eigenvalue weighted by atomic mass is 10.2. The lowest BCUT2D eigenvalue weighted by molar-refractivity contribution is 0.0697. The number of carbonyl (C=O) groups is 1. The number of rotatable bonds is 6. The molecule has 0 atom stereocenters. The summed E-state index contributed by atoms with van der Waals surface area (Å²) >= 11 is 0.850. The summed E-state index contributed by atoms with van der Waals surface area (Å²) in [6, 6.07) is 0. The molecule has 0 radical (unpaired) electrons. The third-order valence-corrected chi connectivity index (χ3v) is 4.95. The zero-order valence-corrected chi connectivity index (χ0v) is 12.8. The molecule has 2 N–H and O–H groups in total. The minimum absolute atomic E-state index is 0.0811. The second-order valence-corrected chi connectivity index (χ2v) is 7.01. The summed E-state index contributed by atoms with van der Waals surface area (Å²) in [5.74, 6) is -1.03. The van der Waals surface area contributed by atoms with Crippen LogP contribution in [-0.2, 0) is 10.2 Å². The van der Waals surface area contributed by atoms with Gasteiger partial charge >= 0.3 is 16.2 Å². The highest BCUT2D eigenvalue weighted by Gasteiger charge is 2.27. The predicted octanol–water partition coefficient (Wildman–Crippen LogP) is 1.08. The number of carboxylic acids is 1. The van der Waals surface area contributed by atoms with Gasteiger partial charge in [-0.05, 0) is 24.4 Å². The van der Waals surface area contributed by atoms with Crippen molar-refractivity contribution in [3.63, 3.8) is 0 Å². The van der Waals surface area contributed by atoms with Crippen LogP contribution in [0.1, 0.15) is 29.9 Å². The van der Waals surface area contributed by atoms with Crippen molar-refractivity contribution >= 4 is 32.7 Å². The third-order valence-electron chi connectivity index (χ3n) is 2.38. The molecule has 0 aliphatic carbocycles. The number of aromatic nitrogens is 1. The monoisotopic (exact) mass is 307 g/mol. The van der Waals surface area contributed by atoms with Gasteiger partial charge in [0.05, 0.1) is 5.69 Å². The lowest BCUT2D eigenvalue weighted by Gasteiger charge is -2.19. The normalized spacial score (nSPS) is 11.8. The molecular weight excluding hydrogens is 290 g/mol. The van der Waals surface area contributed by atoms with Gasteiger partial charge in [-0.1, -0.05) is 13.8 Å². The summed E-state index contributed by atoms with van der Waals surface area (Å²) < 4.78 is 31.3. The highest BCUT2D eigenvalue weighted by atomic mass is 32.2. The van der Waals surface area contributed by atoms with Gasteiger partial charge in [-0.3, -0.25) is 0 Å². The summed E-state index contributed by atoms with van der Waals surface area (Å²) in [7, 11) is -2.45. The summed E-state index contributed by atoms with van der Waals surface area (Å²) in [5.41, 5.74) is 0.223. The predicted molar refractivity (Wildman–Crippen MR) is 74.0 cm³/mol. The first-order valence-corrected chi connectivity index (χ1v) is 7.81. The van der Waals surface area contributed by atoms with Gasteiger partial charge in [-0.25, -0.2) is 9.10 Å². The van der Waals surface area contributed by atoms with E-state index >= 15 is 0 Å². The van der Waals surface area contributed by atoms with Crippen LogP contribution in [0, 0.1) is 12.8 Å². The van der Waals surface area contributed by atoms with Crippen LogP contribution in [0.3, 0.4) is 0 Å². The highest BCUT2D eigenvalue weighted by Crippen LogP contribution is 2.29. The Morgan fingerprint density at radius 3 is 2.58 bits per heavy atom. The molecule has 0 saturated carbocycles. The molecule has 108 valence electrons. The van der Waals surface area contributed by atoms with E-state index in [2.05, 4.69) is 9.10 Å². The van der Waals surface area contributed by atoms with Gasteiger partial charge in [0.1, 0.15) is 10.6 Å². The van der Waals surface area contributed by atoms with Crippen LogP contribution >= 0.6 is 11.5 Å². The molecule has 1 aromatic rings. The van der Waals surface area contributed by atoms with Gasteiger partial charge in [0.15, 0.2) is 0 Å². The molecule has 1 aromatic heterocycles. The number of aromatic carboxylic acids is 1. The number of aryl methyl sites for hydroxylation is 1. The largest absolute Gasteiger partial charge is 0.478 e. The van der Waals surface area contributed by atoms with E-state index in [1.165, 1.54) is 14.0 Å². The van der Waals surface area contributed by atoms with Crippen molar-refractivity contribution in [3.05, 3.63) is 11.3 Å². The third kappa shape index (κ3) is 3.64. The number of hydrogen-bond acceptors (Lipinski definition) is 5. The van der Waals surface area contributed by atoms with Crippen molar-refractivity contribution in [2.45, 2.75) is 20.8 Å². The van der Waals surface area contributed by atoms with Crippen molar-refractivity contribution in [1.82, 2.24) is 9.10 Å². The summed E-state index contributed by atoms with van der Waals surface area (Å²) in [6.07, 6.45) is 0. The maximum Gasteiger partial charge on any atom is 0.340 e. The van der Waals surface area contributed by atoms with Crippen molar-refractivity contribution in [3.8, 4) is 0 Å². The Hall–Kier alpha value is -1.19. The van der Waals surface area contributed by atoms with Crippen LogP contribution in [0.2, 0.25) is 0 Å². The van der Waals surface area contributed by atoms with E-state index in [4.69, 9.17) is 5.11 Å². The fourth-order valence-electron chi connectivity index (χ4n) is 1.30. The van der Waals surface area contributed by atoms with Gasteiger partial charge in [0, 0.05) is 13.6 Å². The molecule has 0 aromatic carbocycles. The zero-order chi connectivity index (χ0) is 14.8. The molecule has 0 amide bonds. The Labute approximate surface area is 116 Å². The smallest absolute Gasteiger partial charge is 0.340 e. The minimum Gasteiger partial charge on any atom is -0.478 e. The maximum atomic E-state index is 12.0. The fraction of sp³-hybridized carbons (Fsp3) is 0.600. The average molecular weight is 307 g/mol. The Morgan fingerprint density at radius 1 is 1.53 bits per heavy atom. The summed E-state index contributed by atoms with van der Waals surface area (Å²) in [5, 5.41) is 9.19. The van der Waals surface area contributed by atoms with Crippen LogP contribution in [-0.4, -0.2) is 37.5 Å². The second-order valence-electron chi connectivity index (χ2n) is 4.47. The van der Waals surface area contributed by atoms with Crippen LogP contribution in [0.25, 0.3) is 0 Å². The van der Waals surface area contributed by atoms with Crippen molar-refractivity contribution in [2.75, 3.05) is 17.9 Å². The molecule has 0 fully saturated rings. The van der Waals surface area contributed by atoms with E-state index in [-0.39, 0.29) is 23.0 Å². The number of anilines is 1. The van der Waals surface area contributed by atoms with Crippen molar-refractivity contribution < 1.29 is 18.3 Å². The van der Waals surface area contributed by atoms with Gasteiger partial charge in [0.2, 0.25) is 0 Å². The van der Waals surface area contributed by atoms with Gasteiger partial charge in [0.25, 0.3) is 0 Å². The first-order chi connectivity index (χ1) is 8.66. The minimum atomic E-state index is -3.76. The molecule has 0 unspecified atom stereocenters. The summed E-state index contributed by atoms with van der Waals surface area (Å²) in [4.78, 5) is 11.1. The summed E-state index contributed by atoms with van der Waals surface area (Å²) in [6.45, 7) is 5.57. The maximum absolute atomic E-state index is 12.0. The molecule has 19 heavy (non-hydrogen) atoms. The molecule has 0 bridgehead atoms. The van der Waals surface area contributed by atoms with E-state index < -0.39 is 16.2 Å². The SMILES string of the molecule is Cc1nsc(N(C)S(=O)(=O)NCC(C)C)c1C(=O)O. The fourth-order valence-corrected chi connectivity index (χ4v) is 3.49. The average Bonchev–Trinajstić information content (AvgIpc) is 2.67. The molecule has 0 spiro atoms. The molecule has 7 nitrogen and oxygen atoms in total. The van der Waals surface area contributed by atoms with E-state index in [1.807, 2.05) is 13.8 Å². The second kappa shape index (κ2) is 5.85. The number of nitrogens with one attached hydrogen (secondary N) is 1. The van der Waals surface area contributed by atoms with E-state index in [9.17, 15) is 13.2 Å². The Bertz CT molecular complexity index is 565. The molecular formula is C10H17N3O4S2. The number of nitrogens with zero attached hydrogens (tertiary/aromatic N) is 2. The number of hydrogen-bond donors (Lipinski definition) is 2. The van der Waals surface area contributed by atoms with E-state index in [0.717, 1.165) is 15.8 Å². The zero-order valence-electron chi connectivity index (χ0n) is 11.2. The quantitative estimate of drug-likeness (QED) is 0.819. The van der Waals surface area contributed by atoms with Crippen LogP contribution in [0.4, 0.5) is 5.00 Å². The van der Waals surface area contributed by atoms with E-state index in [1.54, 1.807) is 0 Å². The molecule has 1 rings (SSSR count). The standard InChI is InChI=1S/C10H17N3O4S2/c1-6(2)5-11-19(16,17)13(4)9-8(10(14)15)7(3)12-18-9/h6,11H,5H2,1-4H3,(H,14,15). The van der Waals surface area contributed by atoms with Crippen LogP contribution < -0.4 is 9.03 Å². The van der Waals surface area contributed by atoms with Gasteiger partial charge in [-0.15, -0.1) is 0 Å². The van der Waals surface area contributed by atoms with Gasteiger partial charge < -0.3 is 5.11 Å². The van der Waals surface area contributed by atoms with Crippen molar-refractivity contribution in [1.29, 1.82) is 0 Å². The van der Waals surface area contributed by atoms with Crippen molar-refractivity contribution in [2.24, 2.45) is 5.92 Å². The van der Waals surface area contributed by atoms with E-state index in [0.29, 0.717) is 5.69 Å². The Morgan fingerprint density at radius 2 is 2.11 bits per heavy atom. The number of carboxylic acid groups (broad SMARTS) is 1. The lowest BCUT2D eigenvalue weighted by Crippen LogP contribution is -2.40. The molecule has 0 aliphatic heterocycles. The first kappa shape index (κ1) is 15.9. The Kier molecular flexibility index (Phi) is 4.88. The first-order valence-electron chi connectivity index (χ1n) is 5.60. The molecule has 1 heterocycles. The molecule has 0 aliphatic rings. The van der Waals surface area contributed by atoms with Crippen LogP contribution in [0.15, 0.2) is 0 Å². The highest BCUT2D eigenvalue weighted by molar-refractivity contribution is 7.91. The van der Waals surface area contributed by atoms with Crippen LogP contribution in [0.5, 0.6) is 0 Å². The topological polar surface area (TPSA) is 99.6 Å². The molecule has 0 saturated heterocycles.